The predicted molar refractivity (Wildman–Crippen MR) is 138 cm³/mol. The first-order valence-corrected chi connectivity index (χ1v) is 11.7. The van der Waals surface area contributed by atoms with Crippen LogP contribution in [0.1, 0.15) is 21.6 Å². The summed E-state index contributed by atoms with van der Waals surface area (Å²) in [5.74, 6) is -1.79. The van der Waals surface area contributed by atoms with Gasteiger partial charge in [-0.1, -0.05) is 48.5 Å². The standard InChI is InChI=1S/C27H28N6O4/c1-31(21-11-6-3-7-12-21)18-20-14-16-32(30-20)26-22(13-8-15-29-26)27(36)33(37)23(24(34)25(28)35)17-19-9-4-2-5-10-19/h2-16,23-24,33-34H,17-18H2,1H3,(H2,28,35). The summed E-state index contributed by atoms with van der Waals surface area (Å²) in [5.41, 5.74) is 7.73. The van der Waals surface area contributed by atoms with Crippen molar-refractivity contribution in [3.05, 3.63) is 113 Å². The number of pyridine rings is 1. The summed E-state index contributed by atoms with van der Waals surface area (Å²) in [4.78, 5) is 31.4. The van der Waals surface area contributed by atoms with Crippen molar-refractivity contribution >= 4 is 17.5 Å². The van der Waals surface area contributed by atoms with E-state index in [1.165, 1.54) is 23.0 Å². The number of nitrogens with zero attached hydrogens (tertiary/aromatic N) is 4. The number of benzene rings is 2. The number of rotatable bonds is 10. The molecule has 2 heterocycles. The number of anilines is 1. The minimum atomic E-state index is -1.82. The van der Waals surface area contributed by atoms with Crippen molar-refractivity contribution in [1.82, 2.24) is 14.8 Å². The first-order valence-electron chi connectivity index (χ1n) is 11.7. The number of hydrogen-bond donors (Lipinski definition) is 3. The van der Waals surface area contributed by atoms with Crippen LogP contribution in [0.2, 0.25) is 0 Å². The number of nitrogens with two attached hydrogens (primary N) is 1. The molecule has 0 bridgehead atoms. The second-order valence-corrected chi connectivity index (χ2v) is 8.65. The minimum absolute atomic E-state index is 0.00768. The van der Waals surface area contributed by atoms with Crippen molar-refractivity contribution < 1.29 is 19.8 Å². The first-order chi connectivity index (χ1) is 17.8. The summed E-state index contributed by atoms with van der Waals surface area (Å²) < 4.78 is 1.44. The third-order valence-corrected chi connectivity index (χ3v) is 6.02. The second-order valence-electron chi connectivity index (χ2n) is 8.65. The number of aliphatic hydroxyl groups is 1. The number of aliphatic hydroxyl groups excluding tert-OH is 1. The lowest BCUT2D eigenvalue weighted by Crippen LogP contribution is -3.16. The first kappa shape index (κ1) is 25.7. The summed E-state index contributed by atoms with van der Waals surface area (Å²) in [5, 5.41) is 27.3. The molecule has 10 heteroatoms. The SMILES string of the molecule is CN(Cc1ccn(-c2ncccc2C(=O)[NH+]([O-])C(Cc2ccccc2)C(O)C(N)=O)n1)c1ccccc1. The predicted octanol–water partition coefficient (Wildman–Crippen LogP) is 0.884. The summed E-state index contributed by atoms with van der Waals surface area (Å²) in [6, 6.07) is 22.1. The van der Waals surface area contributed by atoms with E-state index in [-0.39, 0.29) is 17.8 Å². The molecule has 2 amide bonds. The molecular formula is C27H28N6O4. The summed E-state index contributed by atoms with van der Waals surface area (Å²) >= 11 is 0. The number of para-hydroxylation sites is 1. The molecule has 0 saturated heterocycles. The molecule has 190 valence electrons. The highest BCUT2D eigenvalue weighted by Crippen LogP contribution is 2.16. The molecule has 0 spiro atoms. The molecule has 3 unspecified atom stereocenters. The Kier molecular flexibility index (Phi) is 8.04. The van der Waals surface area contributed by atoms with Crippen molar-refractivity contribution in [3.8, 4) is 5.82 Å². The average Bonchev–Trinajstić information content (AvgIpc) is 3.39. The largest absolute Gasteiger partial charge is 0.626 e. The normalized spacial score (nSPS) is 13.5. The van der Waals surface area contributed by atoms with E-state index in [1.54, 1.807) is 42.6 Å². The molecule has 0 aliphatic heterocycles. The van der Waals surface area contributed by atoms with Crippen LogP contribution in [0.5, 0.6) is 0 Å². The van der Waals surface area contributed by atoms with E-state index in [9.17, 15) is 19.9 Å². The van der Waals surface area contributed by atoms with Crippen LogP contribution in [0.4, 0.5) is 5.69 Å². The van der Waals surface area contributed by atoms with E-state index in [4.69, 9.17) is 5.73 Å². The highest BCUT2D eigenvalue weighted by Gasteiger charge is 2.35. The molecule has 4 N–H and O–H groups in total. The van der Waals surface area contributed by atoms with Crippen molar-refractivity contribution in [1.29, 1.82) is 0 Å². The molecule has 10 nitrogen and oxygen atoms in total. The fourth-order valence-corrected chi connectivity index (χ4v) is 4.05. The van der Waals surface area contributed by atoms with Crippen LogP contribution in [-0.4, -0.2) is 50.9 Å². The Hall–Kier alpha value is -4.38. The molecule has 0 aliphatic carbocycles. The molecule has 2 aromatic heterocycles. The minimum Gasteiger partial charge on any atom is -0.626 e. The smallest absolute Gasteiger partial charge is 0.348 e. The Balaban J connectivity index is 1.58. The monoisotopic (exact) mass is 500 g/mol. The van der Waals surface area contributed by atoms with Gasteiger partial charge in [-0.2, -0.15) is 5.10 Å². The Morgan fingerprint density at radius 1 is 1.05 bits per heavy atom. The molecule has 3 atom stereocenters. The molecule has 4 aromatic rings. The van der Waals surface area contributed by atoms with E-state index in [0.29, 0.717) is 12.1 Å². The lowest BCUT2D eigenvalue weighted by molar-refractivity contribution is -0.792. The number of nitrogens with one attached hydrogen (secondary N) is 1. The van der Waals surface area contributed by atoms with Gasteiger partial charge in [0, 0.05) is 31.5 Å². The summed E-state index contributed by atoms with van der Waals surface area (Å²) in [6.45, 7) is 0.510. The molecule has 4 rings (SSSR count). The van der Waals surface area contributed by atoms with Gasteiger partial charge in [0.2, 0.25) is 0 Å². The van der Waals surface area contributed by atoms with Gasteiger partial charge in [0.1, 0.15) is 11.6 Å². The molecule has 2 aromatic carbocycles. The highest BCUT2D eigenvalue weighted by molar-refractivity contribution is 5.91. The van der Waals surface area contributed by atoms with Crippen molar-refractivity contribution in [2.45, 2.75) is 25.1 Å². The topological polar surface area (TPSA) is 142 Å². The fraction of sp³-hybridized carbons (Fsp3) is 0.185. The van der Waals surface area contributed by atoms with E-state index >= 15 is 0 Å². The molecule has 0 radical (unpaired) electrons. The van der Waals surface area contributed by atoms with Gasteiger partial charge < -0.3 is 20.9 Å². The van der Waals surface area contributed by atoms with Gasteiger partial charge >= 0.3 is 5.91 Å². The lowest BCUT2D eigenvalue weighted by atomic mass is 10.00. The number of carbonyl (C=O) groups is 2. The number of carbonyl (C=O) groups excluding carboxylic acids is 2. The molecule has 0 fully saturated rings. The van der Waals surface area contributed by atoms with E-state index in [2.05, 4.69) is 10.1 Å². The van der Waals surface area contributed by atoms with Gasteiger partial charge in [0.15, 0.2) is 11.9 Å². The number of quaternary nitrogens is 1. The molecule has 37 heavy (non-hydrogen) atoms. The number of hydroxylamine groups is 2. The van der Waals surface area contributed by atoms with Crippen molar-refractivity contribution in [2.24, 2.45) is 5.73 Å². The average molecular weight is 501 g/mol. The van der Waals surface area contributed by atoms with Crippen molar-refractivity contribution in [3.63, 3.8) is 0 Å². The number of amides is 2. The maximum Gasteiger partial charge on any atom is 0.348 e. The van der Waals surface area contributed by atoms with Gasteiger partial charge in [-0.25, -0.2) is 14.5 Å². The van der Waals surface area contributed by atoms with Crippen LogP contribution in [0.15, 0.2) is 91.3 Å². The van der Waals surface area contributed by atoms with Gasteiger partial charge in [-0.15, -0.1) is 0 Å². The Bertz CT molecular complexity index is 1350. The lowest BCUT2D eigenvalue weighted by Gasteiger charge is -2.31. The highest BCUT2D eigenvalue weighted by atomic mass is 16.5. The fourth-order valence-electron chi connectivity index (χ4n) is 4.05. The Labute approximate surface area is 214 Å². The number of primary amides is 1. The molecule has 0 aliphatic rings. The van der Waals surface area contributed by atoms with Gasteiger partial charge in [0.05, 0.1) is 12.2 Å². The zero-order chi connectivity index (χ0) is 26.4. The summed E-state index contributed by atoms with van der Waals surface area (Å²) in [6.07, 6.45) is 1.32. The molecule has 0 saturated carbocycles. The summed E-state index contributed by atoms with van der Waals surface area (Å²) in [7, 11) is 1.94. The Morgan fingerprint density at radius 2 is 1.73 bits per heavy atom. The maximum atomic E-state index is 13.4. The van der Waals surface area contributed by atoms with E-state index in [1.807, 2.05) is 42.3 Å². The maximum absolute atomic E-state index is 13.4. The second kappa shape index (κ2) is 11.6. The Morgan fingerprint density at radius 3 is 2.41 bits per heavy atom. The van der Waals surface area contributed by atoms with Gasteiger partial charge in [-0.05, 0) is 35.9 Å². The van der Waals surface area contributed by atoms with Crippen LogP contribution >= 0.6 is 0 Å². The van der Waals surface area contributed by atoms with Crippen LogP contribution in [0.3, 0.4) is 0 Å². The zero-order valence-corrected chi connectivity index (χ0v) is 20.3. The number of aromatic nitrogens is 3. The zero-order valence-electron chi connectivity index (χ0n) is 20.3. The van der Waals surface area contributed by atoms with E-state index < -0.39 is 29.0 Å². The van der Waals surface area contributed by atoms with Crippen LogP contribution in [0.25, 0.3) is 5.82 Å². The molecular weight excluding hydrogens is 472 g/mol. The van der Waals surface area contributed by atoms with Crippen LogP contribution in [0, 0.1) is 5.21 Å². The third-order valence-electron chi connectivity index (χ3n) is 6.02. The van der Waals surface area contributed by atoms with Gasteiger partial charge in [0.25, 0.3) is 5.91 Å². The van der Waals surface area contributed by atoms with E-state index in [0.717, 1.165) is 11.4 Å². The third kappa shape index (κ3) is 6.07. The van der Waals surface area contributed by atoms with Crippen LogP contribution in [-0.2, 0) is 17.8 Å². The quantitative estimate of drug-likeness (QED) is 0.275. The van der Waals surface area contributed by atoms with Gasteiger partial charge in [-0.3, -0.25) is 9.86 Å². The number of hydrogen-bond acceptors (Lipinski definition) is 7. The van der Waals surface area contributed by atoms with Crippen molar-refractivity contribution in [2.75, 3.05) is 11.9 Å². The van der Waals surface area contributed by atoms with Crippen LogP contribution < -0.4 is 15.7 Å².